The maximum absolute atomic E-state index is 11.3. The van der Waals surface area contributed by atoms with Gasteiger partial charge in [-0.1, -0.05) is 62.9 Å². The Morgan fingerprint density at radius 2 is 1.84 bits per heavy atom. The zero-order valence-corrected chi connectivity index (χ0v) is 11.7. The quantitative estimate of drug-likeness (QED) is 0.880. The van der Waals surface area contributed by atoms with Gasteiger partial charge in [-0.3, -0.25) is 0 Å². The molecule has 2 rings (SSSR count). The fourth-order valence-corrected chi connectivity index (χ4v) is 3.51. The third-order valence-corrected chi connectivity index (χ3v) is 4.58. The lowest BCUT2D eigenvalue weighted by molar-refractivity contribution is -0.0861. The maximum atomic E-state index is 11.3. The highest BCUT2D eigenvalue weighted by Gasteiger charge is 2.51. The van der Waals surface area contributed by atoms with Gasteiger partial charge >= 0.3 is 0 Å². The van der Waals surface area contributed by atoms with Crippen LogP contribution in [0.25, 0.3) is 0 Å². The molecule has 1 aromatic rings. The van der Waals surface area contributed by atoms with Crippen molar-refractivity contribution in [2.75, 3.05) is 0 Å². The molecule has 1 fully saturated rings. The molecule has 19 heavy (non-hydrogen) atoms. The van der Waals surface area contributed by atoms with Crippen molar-refractivity contribution in [3.05, 3.63) is 35.9 Å². The van der Waals surface area contributed by atoms with E-state index >= 15 is 0 Å². The molecule has 1 saturated carbocycles. The van der Waals surface area contributed by atoms with Crippen LogP contribution in [0.5, 0.6) is 0 Å². The van der Waals surface area contributed by atoms with Gasteiger partial charge in [0.05, 0.1) is 11.5 Å². The van der Waals surface area contributed by atoms with E-state index in [0.717, 1.165) is 37.7 Å². The van der Waals surface area contributed by atoms with Crippen LogP contribution in [0.2, 0.25) is 0 Å². The summed E-state index contributed by atoms with van der Waals surface area (Å²) < 4.78 is 0. The minimum Gasteiger partial charge on any atom is -0.383 e. The molecule has 1 atom stereocenters. The molecular weight excluding hydrogens is 234 g/mol. The molecule has 0 aromatic heterocycles. The second-order valence-corrected chi connectivity index (χ2v) is 5.73. The predicted octanol–water partition coefficient (Wildman–Crippen LogP) is 4.15. The lowest BCUT2D eigenvalue weighted by Crippen LogP contribution is -2.46. The second kappa shape index (κ2) is 5.75. The lowest BCUT2D eigenvalue weighted by atomic mass is 9.60. The van der Waals surface area contributed by atoms with Crippen molar-refractivity contribution >= 4 is 0 Å². The summed E-state index contributed by atoms with van der Waals surface area (Å²) in [6, 6.07) is 12.3. The van der Waals surface area contributed by atoms with Crippen LogP contribution in [0.1, 0.15) is 57.4 Å². The van der Waals surface area contributed by atoms with Crippen LogP contribution in [0, 0.1) is 16.7 Å². The number of benzene rings is 1. The number of nitriles is 1. The largest absolute Gasteiger partial charge is 0.383 e. The first-order valence-corrected chi connectivity index (χ1v) is 7.38. The third kappa shape index (κ3) is 2.40. The molecule has 2 nitrogen and oxygen atoms in total. The summed E-state index contributed by atoms with van der Waals surface area (Å²) in [7, 11) is 0. The highest BCUT2D eigenvalue weighted by atomic mass is 16.3. The topological polar surface area (TPSA) is 44.0 Å². The van der Waals surface area contributed by atoms with Crippen LogP contribution in [0.4, 0.5) is 0 Å². The average Bonchev–Trinajstić information content (AvgIpc) is 2.49. The van der Waals surface area contributed by atoms with E-state index in [0.29, 0.717) is 6.42 Å². The Morgan fingerprint density at radius 3 is 2.37 bits per heavy atom. The zero-order chi connectivity index (χ0) is 13.8. The summed E-state index contributed by atoms with van der Waals surface area (Å²) in [4.78, 5) is 0. The SMILES string of the molecule is CCCC(O)(c1ccccc1)C1(C#N)CCCCC1. The van der Waals surface area contributed by atoms with Gasteiger partial charge in [-0.15, -0.1) is 0 Å². The number of hydrogen-bond donors (Lipinski definition) is 1. The molecule has 2 heteroatoms. The molecule has 1 N–H and O–H groups in total. The summed E-state index contributed by atoms with van der Waals surface area (Å²) in [5, 5.41) is 21.1. The smallest absolute Gasteiger partial charge is 0.108 e. The molecule has 102 valence electrons. The van der Waals surface area contributed by atoms with Gasteiger partial charge in [0.2, 0.25) is 0 Å². The highest BCUT2D eigenvalue weighted by Crippen LogP contribution is 2.51. The van der Waals surface area contributed by atoms with Crippen molar-refractivity contribution in [3.63, 3.8) is 0 Å². The molecule has 1 aromatic carbocycles. The fourth-order valence-electron chi connectivity index (χ4n) is 3.51. The maximum Gasteiger partial charge on any atom is 0.108 e. The van der Waals surface area contributed by atoms with E-state index in [1.807, 2.05) is 30.3 Å². The van der Waals surface area contributed by atoms with Gasteiger partial charge < -0.3 is 5.11 Å². The first kappa shape index (κ1) is 14.1. The molecule has 0 radical (unpaired) electrons. The number of rotatable bonds is 4. The molecule has 1 aliphatic rings. The Bertz CT molecular complexity index is 442. The van der Waals surface area contributed by atoms with Gasteiger partial charge in [0, 0.05) is 0 Å². The van der Waals surface area contributed by atoms with Crippen molar-refractivity contribution in [3.8, 4) is 6.07 Å². The van der Waals surface area contributed by atoms with Crippen molar-refractivity contribution in [2.45, 2.75) is 57.5 Å². The Kier molecular flexibility index (Phi) is 4.27. The zero-order valence-electron chi connectivity index (χ0n) is 11.7. The molecule has 0 aliphatic heterocycles. The Hall–Kier alpha value is -1.33. The van der Waals surface area contributed by atoms with Gasteiger partial charge in [0.1, 0.15) is 5.60 Å². The van der Waals surface area contributed by atoms with Crippen LogP contribution in [-0.4, -0.2) is 5.11 Å². The predicted molar refractivity (Wildman–Crippen MR) is 76.4 cm³/mol. The lowest BCUT2D eigenvalue weighted by Gasteiger charge is -2.45. The molecule has 0 spiro atoms. The summed E-state index contributed by atoms with van der Waals surface area (Å²) in [6.07, 6.45) is 6.45. The second-order valence-electron chi connectivity index (χ2n) is 5.73. The summed E-state index contributed by atoms with van der Waals surface area (Å²) in [6.45, 7) is 2.07. The Morgan fingerprint density at radius 1 is 1.21 bits per heavy atom. The van der Waals surface area contributed by atoms with E-state index < -0.39 is 11.0 Å². The normalized spacial score (nSPS) is 21.3. The van der Waals surface area contributed by atoms with Crippen molar-refractivity contribution in [2.24, 2.45) is 5.41 Å². The van der Waals surface area contributed by atoms with E-state index in [-0.39, 0.29) is 0 Å². The molecule has 0 saturated heterocycles. The minimum atomic E-state index is -1.00. The van der Waals surface area contributed by atoms with E-state index in [1.165, 1.54) is 6.42 Å². The first-order valence-electron chi connectivity index (χ1n) is 7.38. The van der Waals surface area contributed by atoms with E-state index in [4.69, 9.17) is 0 Å². The molecule has 0 heterocycles. The van der Waals surface area contributed by atoms with Crippen molar-refractivity contribution < 1.29 is 5.11 Å². The van der Waals surface area contributed by atoms with Gasteiger partial charge in [-0.05, 0) is 24.8 Å². The molecule has 1 unspecified atom stereocenters. The Labute approximate surface area is 116 Å². The molecule has 0 amide bonds. The fraction of sp³-hybridized carbons (Fsp3) is 0.588. The van der Waals surface area contributed by atoms with Gasteiger partial charge in [-0.2, -0.15) is 5.26 Å². The monoisotopic (exact) mass is 257 g/mol. The van der Waals surface area contributed by atoms with Gasteiger partial charge in [0.25, 0.3) is 0 Å². The van der Waals surface area contributed by atoms with Crippen LogP contribution >= 0.6 is 0 Å². The van der Waals surface area contributed by atoms with Crippen molar-refractivity contribution in [1.29, 1.82) is 5.26 Å². The molecule has 1 aliphatic carbocycles. The van der Waals surface area contributed by atoms with Crippen LogP contribution in [0.3, 0.4) is 0 Å². The van der Waals surface area contributed by atoms with Crippen LogP contribution < -0.4 is 0 Å². The number of nitrogens with zero attached hydrogens (tertiary/aromatic N) is 1. The van der Waals surface area contributed by atoms with E-state index in [1.54, 1.807) is 0 Å². The van der Waals surface area contributed by atoms with Crippen LogP contribution in [-0.2, 0) is 5.60 Å². The molecule has 0 bridgehead atoms. The Balaban J connectivity index is 2.46. The van der Waals surface area contributed by atoms with E-state index in [9.17, 15) is 10.4 Å². The molecular formula is C17H23NO. The van der Waals surface area contributed by atoms with Crippen LogP contribution in [0.15, 0.2) is 30.3 Å². The first-order chi connectivity index (χ1) is 9.18. The van der Waals surface area contributed by atoms with Gasteiger partial charge in [-0.25, -0.2) is 0 Å². The van der Waals surface area contributed by atoms with Crippen molar-refractivity contribution in [1.82, 2.24) is 0 Å². The number of aliphatic hydroxyl groups is 1. The number of hydrogen-bond acceptors (Lipinski definition) is 2. The standard InChI is InChI=1S/C17H23NO/c1-2-11-17(19,15-9-5-3-6-10-15)16(14-18)12-7-4-8-13-16/h3,5-6,9-10,19H,2,4,7-8,11-13H2,1H3. The summed E-state index contributed by atoms with van der Waals surface area (Å²) >= 11 is 0. The highest BCUT2D eigenvalue weighted by molar-refractivity contribution is 5.29. The third-order valence-electron chi connectivity index (χ3n) is 4.58. The average molecular weight is 257 g/mol. The van der Waals surface area contributed by atoms with E-state index in [2.05, 4.69) is 13.0 Å². The minimum absolute atomic E-state index is 0.609. The van der Waals surface area contributed by atoms with Gasteiger partial charge in [0.15, 0.2) is 0 Å². The summed E-state index contributed by atoms with van der Waals surface area (Å²) in [5.41, 5.74) is -0.707. The summed E-state index contributed by atoms with van der Waals surface area (Å²) in [5.74, 6) is 0.